The smallest absolute Gasteiger partial charge is 0.315 e. The number of benzene rings is 1. The maximum atomic E-state index is 13.0. The van der Waals surface area contributed by atoms with Crippen LogP contribution >= 0.6 is 23.2 Å². The third kappa shape index (κ3) is 4.31. The van der Waals surface area contributed by atoms with Gasteiger partial charge in [-0.15, -0.1) is 5.92 Å². The van der Waals surface area contributed by atoms with Gasteiger partial charge in [0.05, 0.1) is 0 Å². The van der Waals surface area contributed by atoms with E-state index in [4.69, 9.17) is 23.2 Å². The number of rotatable bonds is 2. The molecule has 1 aliphatic heterocycles. The molecule has 2 fully saturated rings. The molecule has 1 saturated carbocycles. The summed E-state index contributed by atoms with van der Waals surface area (Å²) in [4.78, 5) is 38.5. The molecule has 4 nitrogen and oxygen atoms in total. The molecule has 29 heavy (non-hydrogen) atoms. The van der Waals surface area contributed by atoms with Crippen molar-refractivity contribution in [2.24, 2.45) is 5.41 Å². The summed E-state index contributed by atoms with van der Waals surface area (Å²) in [6, 6.07) is 3.16. The molecule has 0 N–H and O–H groups in total. The molecule has 0 aromatic heterocycles. The molecule has 3 rings (SSSR count). The highest BCUT2D eigenvalue weighted by molar-refractivity contribution is 6.37. The molecule has 1 heterocycles. The van der Waals surface area contributed by atoms with Gasteiger partial charge in [-0.3, -0.25) is 14.4 Å². The number of hydrogen-bond acceptors (Lipinski definition) is 3. The topological polar surface area (TPSA) is 54.5 Å². The second kappa shape index (κ2) is 8.41. The SMILES string of the molecule is CC#Cc1cc(Cl)c(C2C(=O)CC3(CCN(C(=O)C(F)F)CC3)CC2=O)c(Cl)c1. The Kier molecular flexibility index (Phi) is 6.30. The normalized spacial score (nSPS) is 19.4. The molecule has 1 saturated heterocycles. The molecule has 1 amide bonds. The first-order valence-corrected chi connectivity index (χ1v) is 9.97. The van der Waals surface area contributed by atoms with E-state index >= 15 is 0 Å². The Bertz CT molecular complexity index is 885. The lowest BCUT2D eigenvalue weighted by Gasteiger charge is -2.44. The number of hydrogen-bond donors (Lipinski definition) is 0. The van der Waals surface area contributed by atoms with Crippen LogP contribution in [0.1, 0.15) is 49.7 Å². The van der Waals surface area contributed by atoms with Gasteiger partial charge in [0.2, 0.25) is 0 Å². The van der Waals surface area contributed by atoms with Gasteiger partial charge in [0.1, 0.15) is 17.5 Å². The first-order valence-electron chi connectivity index (χ1n) is 9.21. The predicted molar refractivity (Wildman–Crippen MR) is 105 cm³/mol. The van der Waals surface area contributed by atoms with Gasteiger partial charge in [-0.1, -0.05) is 29.1 Å². The van der Waals surface area contributed by atoms with Crippen molar-refractivity contribution >= 4 is 40.7 Å². The molecule has 154 valence electrons. The maximum Gasteiger partial charge on any atom is 0.315 e. The molecule has 8 heteroatoms. The van der Waals surface area contributed by atoms with E-state index in [1.54, 1.807) is 19.1 Å². The van der Waals surface area contributed by atoms with E-state index in [0.29, 0.717) is 24.0 Å². The van der Waals surface area contributed by atoms with Crippen molar-refractivity contribution in [3.05, 3.63) is 33.3 Å². The third-order valence-electron chi connectivity index (χ3n) is 5.70. The number of alkyl halides is 2. The minimum absolute atomic E-state index is 0.111. The van der Waals surface area contributed by atoms with Crippen LogP contribution < -0.4 is 0 Å². The molecule has 0 atom stereocenters. The fraction of sp³-hybridized carbons (Fsp3) is 0.476. The number of halogens is 4. The lowest BCUT2D eigenvalue weighted by atomic mass is 9.63. The largest absolute Gasteiger partial charge is 0.338 e. The van der Waals surface area contributed by atoms with Crippen LogP contribution in [0.4, 0.5) is 8.78 Å². The molecular weight excluding hydrogens is 423 g/mol. The average Bonchev–Trinajstić information content (AvgIpc) is 2.63. The van der Waals surface area contributed by atoms with Crippen molar-refractivity contribution < 1.29 is 23.2 Å². The zero-order valence-electron chi connectivity index (χ0n) is 15.7. The van der Waals surface area contributed by atoms with E-state index in [-0.39, 0.29) is 47.5 Å². The standard InChI is InChI=1S/C21H19Cl2F2NO3/c1-2-3-12-8-13(22)17(14(23)9-12)18-15(27)10-21(11-16(18)28)4-6-26(7-5-21)20(29)19(24)25/h8-9,18-19H,4-7,10-11H2,1H3. The molecule has 1 spiro atoms. The van der Waals surface area contributed by atoms with Crippen molar-refractivity contribution in [1.82, 2.24) is 4.90 Å². The minimum atomic E-state index is -3.05. The molecular formula is C21H19Cl2F2NO3. The van der Waals surface area contributed by atoms with Crippen molar-refractivity contribution in [2.45, 2.75) is 45.0 Å². The lowest BCUT2D eigenvalue weighted by molar-refractivity contribution is -0.147. The summed E-state index contributed by atoms with van der Waals surface area (Å²) in [7, 11) is 0. The van der Waals surface area contributed by atoms with Crippen LogP contribution in [0.5, 0.6) is 0 Å². The van der Waals surface area contributed by atoms with Crippen molar-refractivity contribution in [2.75, 3.05) is 13.1 Å². The Balaban J connectivity index is 1.80. The van der Waals surface area contributed by atoms with Gasteiger partial charge in [0, 0.05) is 47.1 Å². The lowest BCUT2D eigenvalue weighted by Crippen LogP contribution is -2.49. The van der Waals surface area contributed by atoms with Crippen LogP contribution in [-0.4, -0.2) is 41.9 Å². The molecule has 0 unspecified atom stereocenters. The van der Waals surface area contributed by atoms with Gasteiger partial charge in [0.25, 0.3) is 5.91 Å². The monoisotopic (exact) mass is 441 g/mol. The number of nitrogens with zero attached hydrogens (tertiary/aromatic N) is 1. The van der Waals surface area contributed by atoms with E-state index in [2.05, 4.69) is 11.8 Å². The van der Waals surface area contributed by atoms with E-state index in [9.17, 15) is 23.2 Å². The predicted octanol–water partition coefficient (Wildman–Crippen LogP) is 4.25. The highest BCUT2D eigenvalue weighted by Gasteiger charge is 2.48. The Hall–Kier alpha value is -1.97. The molecule has 0 bridgehead atoms. The zero-order chi connectivity index (χ0) is 21.3. The highest BCUT2D eigenvalue weighted by Crippen LogP contribution is 2.48. The van der Waals surface area contributed by atoms with Gasteiger partial charge in [-0.05, 0) is 37.3 Å². The van der Waals surface area contributed by atoms with Crippen LogP contribution in [0.15, 0.2) is 12.1 Å². The summed E-state index contributed by atoms with van der Waals surface area (Å²) in [5, 5.41) is 0.436. The van der Waals surface area contributed by atoms with Crippen LogP contribution in [0.25, 0.3) is 0 Å². The number of carbonyl (C=O) groups is 3. The van der Waals surface area contributed by atoms with Crippen molar-refractivity contribution in [3.63, 3.8) is 0 Å². The molecule has 0 radical (unpaired) electrons. The van der Waals surface area contributed by atoms with Crippen LogP contribution in [0.3, 0.4) is 0 Å². The Morgan fingerprint density at radius 1 is 1.14 bits per heavy atom. The molecule has 2 aliphatic rings. The van der Waals surface area contributed by atoms with E-state index in [0.717, 1.165) is 4.90 Å². The summed E-state index contributed by atoms with van der Waals surface area (Å²) < 4.78 is 25.3. The number of amides is 1. The Morgan fingerprint density at radius 2 is 1.66 bits per heavy atom. The number of ketones is 2. The molecule has 1 aliphatic carbocycles. The Morgan fingerprint density at radius 3 is 2.10 bits per heavy atom. The Labute approximate surface area is 177 Å². The fourth-order valence-electron chi connectivity index (χ4n) is 4.28. The minimum Gasteiger partial charge on any atom is -0.338 e. The zero-order valence-corrected chi connectivity index (χ0v) is 17.2. The van der Waals surface area contributed by atoms with Crippen LogP contribution in [0, 0.1) is 17.3 Å². The van der Waals surface area contributed by atoms with Gasteiger partial charge >= 0.3 is 6.43 Å². The van der Waals surface area contributed by atoms with Gasteiger partial charge < -0.3 is 4.90 Å². The second-order valence-corrected chi connectivity index (χ2v) is 8.39. The first kappa shape index (κ1) is 21.7. The number of carbonyl (C=O) groups excluding carboxylic acids is 3. The van der Waals surface area contributed by atoms with Crippen LogP contribution in [0.2, 0.25) is 10.0 Å². The number of likely N-dealkylation sites (tertiary alicyclic amines) is 1. The maximum absolute atomic E-state index is 13.0. The fourth-order valence-corrected chi connectivity index (χ4v) is 4.98. The average molecular weight is 442 g/mol. The van der Waals surface area contributed by atoms with E-state index in [1.165, 1.54) is 0 Å². The number of piperidine rings is 1. The van der Waals surface area contributed by atoms with Crippen molar-refractivity contribution in [3.8, 4) is 11.8 Å². The summed E-state index contributed by atoms with van der Waals surface area (Å²) in [6.45, 7) is 1.89. The second-order valence-electron chi connectivity index (χ2n) is 7.57. The highest BCUT2D eigenvalue weighted by atomic mass is 35.5. The molecule has 1 aromatic carbocycles. The summed E-state index contributed by atoms with van der Waals surface area (Å²) in [5.41, 5.74) is 0.288. The van der Waals surface area contributed by atoms with Crippen LogP contribution in [-0.2, 0) is 14.4 Å². The quantitative estimate of drug-likeness (QED) is 0.508. The van der Waals surface area contributed by atoms with E-state index < -0.39 is 23.7 Å². The summed E-state index contributed by atoms with van der Waals surface area (Å²) in [5.74, 6) is 2.76. The van der Waals surface area contributed by atoms with Gasteiger partial charge in [-0.25, -0.2) is 0 Å². The third-order valence-corrected chi connectivity index (χ3v) is 6.33. The first-order chi connectivity index (χ1) is 13.7. The summed E-state index contributed by atoms with van der Waals surface area (Å²) >= 11 is 12.6. The van der Waals surface area contributed by atoms with Crippen molar-refractivity contribution in [1.29, 1.82) is 0 Å². The molecule has 1 aromatic rings. The van der Waals surface area contributed by atoms with Gasteiger partial charge in [0.15, 0.2) is 0 Å². The summed E-state index contributed by atoms with van der Waals surface area (Å²) in [6.07, 6.45) is -2.12. The number of Topliss-reactive ketones (excluding diaryl/α,β-unsaturated/α-hetero) is 2. The van der Waals surface area contributed by atoms with E-state index in [1.807, 2.05) is 0 Å². The van der Waals surface area contributed by atoms with Gasteiger partial charge in [-0.2, -0.15) is 8.78 Å².